The van der Waals surface area contributed by atoms with Gasteiger partial charge >= 0.3 is 0 Å². The van der Waals surface area contributed by atoms with Crippen molar-refractivity contribution in [3.8, 4) is 0 Å². The summed E-state index contributed by atoms with van der Waals surface area (Å²) < 4.78 is 27.8. The van der Waals surface area contributed by atoms with Gasteiger partial charge in [-0.15, -0.1) is 0 Å². The van der Waals surface area contributed by atoms with Crippen molar-refractivity contribution in [2.24, 2.45) is 12.8 Å². The summed E-state index contributed by atoms with van der Waals surface area (Å²) in [5.41, 5.74) is 5.45. The molecule has 84 valence electrons. The highest BCUT2D eigenvalue weighted by Gasteiger charge is 2.43. The number of imidazole rings is 1. The van der Waals surface area contributed by atoms with Gasteiger partial charge in [-0.1, -0.05) is 0 Å². The summed E-state index contributed by atoms with van der Waals surface area (Å²) in [6.07, 6.45) is 3.75. The highest BCUT2D eigenvalue weighted by molar-refractivity contribution is 5.09. The second-order valence-electron chi connectivity index (χ2n) is 4.37. The van der Waals surface area contributed by atoms with E-state index in [1.807, 2.05) is 11.6 Å². The van der Waals surface area contributed by atoms with Crippen molar-refractivity contribution in [1.82, 2.24) is 9.55 Å². The SMILES string of the molecule is Cn1ccnc1C1(N)CCC(F)(F)CC1. The average Bonchev–Trinajstić information content (AvgIpc) is 2.58. The first kappa shape index (κ1) is 10.5. The topological polar surface area (TPSA) is 43.8 Å². The van der Waals surface area contributed by atoms with Crippen molar-refractivity contribution in [2.45, 2.75) is 37.1 Å². The molecule has 5 heteroatoms. The van der Waals surface area contributed by atoms with Gasteiger partial charge in [-0.3, -0.25) is 0 Å². The first-order chi connectivity index (χ1) is 6.93. The zero-order chi connectivity index (χ0) is 11.1. The van der Waals surface area contributed by atoms with Gasteiger partial charge in [0.25, 0.3) is 0 Å². The van der Waals surface area contributed by atoms with Gasteiger partial charge in [0, 0.05) is 32.3 Å². The minimum atomic E-state index is -2.55. The Labute approximate surface area is 87.3 Å². The van der Waals surface area contributed by atoms with E-state index in [9.17, 15) is 8.78 Å². The van der Waals surface area contributed by atoms with Gasteiger partial charge in [0.05, 0.1) is 5.54 Å². The Hall–Kier alpha value is -0.970. The van der Waals surface area contributed by atoms with Gasteiger partial charge < -0.3 is 10.3 Å². The van der Waals surface area contributed by atoms with Crippen molar-refractivity contribution >= 4 is 0 Å². The van der Waals surface area contributed by atoms with Gasteiger partial charge in [0.2, 0.25) is 5.92 Å². The molecule has 1 aliphatic rings. The number of hydrogen-bond acceptors (Lipinski definition) is 2. The lowest BCUT2D eigenvalue weighted by Crippen LogP contribution is -2.45. The van der Waals surface area contributed by atoms with Crippen molar-refractivity contribution in [3.05, 3.63) is 18.2 Å². The summed E-state index contributed by atoms with van der Waals surface area (Å²) in [5.74, 6) is -1.84. The van der Waals surface area contributed by atoms with Crippen LogP contribution in [0.1, 0.15) is 31.5 Å². The Bertz CT molecular complexity index is 349. The summed E-state index contributed by atoms with van der Waals surface area (Å²) in [5, 5.41) is 0. The van der Waals surface area contributed by atoms with Crippen LogP contribution < -0.4 is 5.73 Å². The van der Waals surface area contributed by atoms with Crippen LogP contribution in [0, 0.1) is 0 Å². The zero-order valence-electron chi connectivity index (χ0n) is 8.71. The van der Waals surface area contributed by atoms with E-state index in [0.29, 0.717) is 18.7 Å². The quantitative estimate of drug-likeness (QED) is 0.776. The molecule has 1 saturated carbocycles. The fourth-order valence-electron chi connectivity index (χ4n) is 2.13. The Morgan fingerprint density at radius 2 is 1.93 bits per heavy atom. The van der Waals surface area contributed by atoms with E-state index in [0.717, 1.165) is 0 Å². The van der Waals surface area contributed by atoms with E-state index in [-0.39, 0.29) is 12.8 Å². The summed E-state index contributed by atoms with van der Waals surface area (Å²) in [6.45, 7) is 0. The third-order valence-corrected chi connectivity index (χ3v) is 3.14. The first-order valence-electron chi connectivity index (χ1n) is 5.08. The smallest absolute Gasteiger partial charge is 0.248 e. The van der Waals surface area contributed by atoms with Crippen LogP contribution in [0.5, 0.6) is 0 Å². The summed E-state index contributed by atoms with van der Waals surface area (Å²) >= 11 is 0. The van der Waals surface area contributed by atoms with Crippen LogP contribution in [-0.2, 0) is 12.6 Å². The highest BCUT2D eigenvalue weighted by Crippen LogP contribution is 2.41. The molecule has 0 radical (unpaired) electrons. The largest absolute Gasteiger partial charge is 0.336 e. The lowest BCUT2D eigenvalue weighted by molar-refractivity contribution is -0.0527. The van der Waals surface area contributed by atoms with Crippen molar-refractivity contribution in [1.29, 1.82) is 0 Å². The van der Waals surface area contributed by atoms with Gasteiger partial charge in [0.15, 0.2) is 0 Å². The molecule has 2 N–H and O–H groups in total. The number of halogens is 2. The molecule has 1 fully saturated rings. The minimum absolute atomic E-state index is 0.143. The van der Waals surface area contributed by atoms with E-state index in [1.165, 1.54) is 0 Å². The van der Waals surface area contributed by atoms with Crippen LogP contribution in [0.15, 0.2) is 12.4 Å². The number of rotatable bonds is 1. The van der Waals surface area contributed by atoms with Gasteiger partial charge in [-0.05, 0) is 12.8 Å². The lowest BCUT2D eigenvalue weighted by atomic mass is 9.80. The fourth-order valence-corrected chi connectivity index (χ4v) is 2.13. The number of alkyl halides is 2. The summed E-state index contributed by atoms with van der Waals surface area (Å²) in [4.78, 5) is 4.15. The number of aromatic nitrogens is 2. The lowest BCUT2D eigenvalue weighted by Gasteiger charge is -2.36. The third kappa shape index (κ3) is 1.88. The van der Waals surface area contributed by atoms with Gasteiger partial charge in [0.1, 0.15) is 5.82 Å². The molecule has 2 rings (SSSR count). The average molecular weight is 215 g/mol. The Kier molecular flexibility index (Phi) is 2.30. The highest BCUT2D eigenvalue weighted by atomic mass is 19.3. The van der Waals surface area contributed by atoms with Crippen LogP contribution >= 0.6 is 0 Å². The number of nitrogens with two attached hydrogens (primary N) is 1. The molecule has 0 saturated heterocycles. The standard InChI is InChI=1S/C10H15F2N3/c1-15-7-6-14-8(15)9(13)2-4-10(11,12)5-3-9/h6-7H,2-5,13H2,1H3. The molecule has 0 atom stereocenters. The van der Waals surface area contributed by atoms with E-state index in [2.05, 4.69) is 4.98 Å². The van der Waals surface area contributed by atoms with Crippen LogP contribution in [-0.4, -0.2) is 15.5 Å². The molecule has 0 aromatic carbocycles. The molecular formula is C10H15F2N3. The van der Waals surface area contributed by atoms with Crippen LogP contribution in [0.25, 0.3) is 0 Å². The molecule has 0 amide bonds. The van der Waals surface area contributed by atoms with Crippen LogP contribution in [0.3, 0.4) is 0 Å². The maximum Gasteiger partial charge on any atom is 0.248 e. The summed E-state index contributed by atoms with van der Waals surface area (Å²) in [6, 6.07) is 0. The maximum absolute atomic E-state index is 13.0. The second kappa shape index (κ2) is 3.27. The van der Waals surface area contributed by atoms with E-state index in [4.69, 9.17) is 5.73 Å². The third-order valence-electron chi connectivity index (χ3n) is 3.14. The van der Waals surface area contributed by atoms with Crippen molar-refractivity contribution in [3.63, 3.8) is 0 Å². The minimum Gasteiger partial charge on any atom is -0.336 e. The van der Waals surface area contributed by atoms with Crippen molar-refractivity contribution < 1.29 is 8.78 Å². The van der Waals surface area contributed by atoms with E-state index < -0.39 is 11.5 Å². The van der Waals surface area contributed by atoms with Crippen LogP contribution in [0.2, 0.25) is 0 Å². The van der Waals surface area contributed by atoms with Crippen molar-refractivity contribution in [2.75, 3.05) is 0 Å². The first-order valence-corrected chi connectivity index (χ1v) is 5.08. The molecule has 1 heterocycles. The number of aryl methyl sites for hydroxylation is 1. The predicted octanol–water partition coefficient (Wildman–Crippen LogP) is 1.78. The molecule has 3 nitrogen and oxygen atoms in total. The fraction of sp³-hybridized carbons (Fsp3) is 0.700. The van der Waals surface area contributed by atoms with Gasteiger partial charge in [-0.2, -0.15) is 0 Å². The normalized spacial score (nSPS) is 24.0. The molecule has 0 aliphatic heterocycles. The van der Waals surface area contributed by atoms with Gasteiger partial charge in [-0.25, -0.2) is 13.8 Å². The molecule has 0 spiro atoms. The molecule has 1 aromatic heterocycles. The molecule has 15 heavy (non-hydrogen) atoms. The van der Waals surface area contributed by atoms with Crippen LogP contribution in [0.4, 0.5) is 8.78 Å². The molecule has 0 unspecified atom stereocenters. The number of hydrogen-bond donors (Lipinski definition) is 1. The molecule has 1 aromatic rings. The Morgan fingerprint density at radius 1 is 1.33 bits per heavy atom. The zero-order valence-corrected chi connectivity index (χ0v) is 8.71. The second-order valence-corrected chi connectivity index (χ2v) is 4.37. The van der Waals surface area contributed by atoms with E-state index >= 15 is 0 Å². The van der Waals surface area contributed by atoms with E-state index in [1.54, 1.807) is 12.4 Å². The number of nitrogens with zero attached hydrogens (tertiary/aromatic N) is 2. The maximum atomic E-state index is 13.0. The summed E-state index contributed by atoms with van der Waals surface area (Å²) in [7, 11) is 1.84. The molecule has 1 aliphatic carbocycles. The molecule has 0 bridgehead atoms. The molecular weight excluding hydrogens is 200 g/mol. The predicted molar refractivity (Wildman–Crippen MR) is 52.5 cm³/mol. The Morgan fingerprint density at radius 3 is 2.40 bits per heavy atom. The monoisotopic (exact) mass is 215 g/mol. The Balaban J connectivity index is 2.20.